The lowest BCUT2D eigenvalue weighted by atomic mass is 10.2. The van der Waals surface area contributed by atoms with Gasteiger partial charge < -0.3 is 24.8 Å². The van der Waals surface area contributed by atoms with Crippen molar-refractivity contribution in [2.24, 2.45) is 4.99 Å². The average Bonchev–Trinajstić information content (AvgIpc) is 2.94. The molecule has 142 valence electrons. The molecule has 1 aromatic carbocycles. The summed E-state index contributed by atoms with van der Waals surface area (Å²) in [7, 11) is 4.65. The number of ether oxygens (including phenoxy) is 3. The zero-order chi connectivity index (χ0) is 19.1. The summed E-state index contributed by atoms with van der Waals surface area (Å²) in [5.74, 6) is 0.594. The number of amidine groups is 1. The van der Waals surface area contributed by atoms with Gasteiger partial charge in [0.15, 0.2) is 5.17 Å². The smallest absolute Gasteiger partial charge is 0.240 e. The van der Waals surface area contributed by atoms with Crippen LogP contribution in [0, 0.1) is 0 Å². The molecule has 9 heteroatoms. The van der Waals surface area contributed by atoms with Gasteiger partial charge in [0, 0.05) is 19.6 Å². The fraction of sp³-hybridized carbons (Fsp3) is 0.471. The van der Waals surface area contributed by atoms with Gasteiger partial charge in [-0.3, -0.25) is 14.6 Å². The number of methoxy groups -OCH3 is 3. The van der Waals surface area contributed by atoms with E-state index in [1.165, 1.54) is 18.9 Å². The third kappa shape index (κ3) is 5.37. The van der Waals surface area contributed by atoms with Crippen LogP contribution in [0.3, 0.4) is 0 Å². The lowest BCUT2D eigenvalue weighted by Gasteiger charge is -2.12. The van der Waals surface area contributed by atoms with Crippen LogP contribution in [-0.4, -0.2) is 56.2 Å². The molecule has 1 heterocycles. The molecule has 2 amide bonds. The predicted octanol–water partition coefficient (Wildman–Crippen LogP) is 1.65. The Bertz CT molecular complexity index is 695. The maximum atomic E-state index is 12.3. The number of thioether (sulfide) groups is 1. The minimum Gasteiger partial charge on any atom is -0.497 e. The molecule has 1 aromatic rings. The van der Waals surface area contributed by atoms with Crippen molar-refractivity contribution >= 4 is 34.4 Å². The van der Waals surface area contributed by atoms with Crippen LogP contribution >= 0.6 is 11.8 Å². The molecule has 0 unspecified atom stereocenters. The molecule has 2 atom stereocenters. The molecule has 0 bridgehead atoms. The van der Waals surface area contributed by atoms with Crippen molar-refractivity contribution in [3.63, 3.8) is 0 Å². The highest BCUT2D eigenvalue weighted by molar-refractivity contribution is 8.15. The zero-order valence-corrected chi connectivity index (χ0v) is 16.0. The number of hydrogen-bond donors (Lipinski definition) is 2. The van der Waals surface area contributed by atoms with E-state index in [1.807, 2.05) is 6.92 Å². The molecule has 8 nitrogen and oxygen atoms in total. The summed E-state index contributed by atoms with van der Waals surface area (Å²) in [5, 5.41) is 5.45. The fourth-order valence-electron chi connectivity index (χ4n) is 2.35. The number of anilines is 1. The van der Waals surface area contributed by atoms with Crippen molar-refractivity contribution in [3.8, 4) is 11.5 Å². The number of benzene rings is 1. The van der Waals surface area contributed by atoms with E-state index in [-0.39, 0.29) is 24.3 Å². The lowest BCUT2D eigenvalue weighted by Crippen LogP contribution is -2.28. The molecule has 26 heavy (non-hydrogen) atoms. The quantitative estimate of drug-likeness (QED) is 0.711. The summed E-state index contributed by atoms with van der Waals surface area (Å²) in [6.07, 6.45) is 0.0311. The normalized spacial score (nSPS) is 19.2. The maximum absolute atomic E-state index is 12.3. The number of amides is 2. The van der Waals surface area contributed by atoms with E-state index in [1.54, 1.807) is 32.4 Å². The summed E-state index contributed by atoms with van der Waals surface area (Å²) in [6.45, 7) is 2.35. The van der Waals surface area contributed by atoms with Crippen molar-refractivity contribution in [2.45, 2.75) is 24.6 Å². The van der Waals surface area contributed by atoms with Gasteiger partial charge in [0.05, 0.1) is 32.6 Å². The van der Waals surface area contributed by atoms with Gasteiger partial charge >= 0.3 is 0 Å². The molecule has 1 fully saturated rings. The van der Waals surface area contributed by atoms with E-state index in [9.17, 15) is 9.59 Å². The summed E-state index contributed by atoms with van der Waals surface area (Å²) in [4.78, 5) is 28.7. The Hall–Kier alpha value is -2.26. The van der Waals surface area contributed by atoms with Gasteiger partial charge in [0.2, 0.25) is 11.8 Å². The van der Waals surface area contributed by atoms with Gasteiger partial charge in [-0.05, 0) is 19.1 Å². The summed E-state index contributed by atoms with van der Waals surface area (Å²) >= 11 is 1.25. The Balaban J connectivity index is 1.97. The number of carbonyl (C=O) groups excluding carboxylic acids is 2. The van der Waals surface area contributed by atoms with Crippen LogP contribution in [0.2, 0.25) is 0 Å². The van der Waals surface area contributed by atoms with Crippen molar-refractivity contribution in [3.05, 3.63) is 18.2 Å². The molecule has 2 rings (SSSR count). The number of carbonyl (C=O) groups is 2. The summed E-state index contributed by atoms with van der Waals surface area (Å²) < 4.78 is 15.4. The van der Waals surface area contributed by atoms with Crippen molar-refractivity contribution in [1.29, 1.82) is 0 Å². The van der Waals surface area contributed by atoms with Gasteiger partial charge in [0.25, 0.3) is 0 Å². The van der Waals surface area contributed by atoms with Crippen LogP contribution in [0.5, 0.6) is 11.5 Å². The first-order valence-corrected chi connectivity index (χ1v) is 8.91. The van der Waals surface area contributed by atoms with E-state index >= 15 is 0 Å². The second-order valence-electron chi connectivity index (χ2n) is 5.65. The Morgan fingerprint density at radius 3 is 2.77 bits per heavy atom. The average molecular weight is 381 g/mol. The Labute approximate surface area is 156 Å². The molecule has 2 N–H and O–H groups in total. The first-order valence-electron chi connectivity index (χ1n) is 8.03. The summed E-state index contributed by atoms with van der Waals surface area (Å²) in [5.41, 5.74) is 0.518. The fourth-order valence-corrected chi connectivity index (χ4v) is 3.42. The van der Waals surface area contributed by atoms with Crippen LogP contribution in [-0.2, 0) is 14.3 Å². The molecular formula is C17H23N3O5S. The lowest BCUT2D eigenvalue weighted by molar-refractivity contribution is -0.122. The number of nitrogens with zero attached hydrogens (tertiary/aromatic N) is 1. The van der Waals surface area contributed by atoms with Crippen LogP contribution in [0.15, 0.2) is 23.2 Å². The van der Waals surface area contributed by atoms with Gasteiger partial charge in [-0.15, -0.1) is 0 Å². The number of nitrogens with one attached hydrogen (secondary N) is 2. The molecule has 1 aliphatic rings. The third-order valence-corrected chi connectivity index (χ3v) is 4.67. The van der Waals surface area contributed by atoms with E-state index < -0.39 is 5.25 Å². The molecular weight excluding hydrogens is 358 g/mol. The van der Waals surface area contributed by atoms with Gasteiger partial charge in [-0.1, -0.05) is 11.8 Å². The van der Waals surface area contributed by atoms with Crippen molar-refractivity contribution in [1.82, 2.24) is 5.32 Å². The van der Waals surface area contributed by atoms with Crippen molar-refractivity contribution < 1.29 is 23.8 Å². The monoisotopic (exact) mass is 381 g/mol. The Kier molecular flexibility index (Phi) is 7.28. The Morgan fingerprint density at radius 1 is 1.35 bits per heavy atom. The van der Waals surface area contributed by atoms with E-state index in [4.69, 9.17) is 14.2 Å². The topological polar surface area (TPSA) is 98.2 Å². The zero-order valence-electron chi connectivity index (χ0n) is 15.2. The minimum atomic E-state index is -0.521. The molecule has 0 radical (unpaired) electrons. The first-order chi connectivity index (χ1) is 12.5. The van der Waals surface area contributed by atoms with Gasteiger partial charge in [-0.2, -0.15) is 0 Å². The maximum Gasteiger partial charge on any atom is 0.240 e. The largest absolute Gasteiger partial charge is 0.497 e. The van der Waals surface area contributed by atoms with Crippen molar-refractivity contribution in [2.75, 3.05) is 33.3 Å². The molecule has 0 aromatic heterocycles. The van der Waals surface area contributed by atoms with E-state index in [0.717, 1.165) is 0 Å². The molecule has 0 aliphatic carbocycles. The molecule has 0 spiro atoms. The highest BCUT2D eigenvalue weighted by Crippen LogP contribution is 2.30. The highest BCUT2D eigenvalue weighted by atomic mass is 32.2. The van der Waals surface area contributed by atoms with Gasteiger partial charge in [0.1, 0.15) is 16.7 Å². The third-order valence-electron chi connectivity index (χ3n) is 3.58. The minimum absolute atomic E-state index is 0.0311. The van der Waals surface area contributed by atoms with Crippen LogP contribution < -0.4 is 20.1 Å². The Morgan fingerprint density at radius 2 is 2.12 bits per heavy atom. The molecule has 1 aliphatic heterocycles. The number of rotatable bonds is 8. The second kappa shape index (κ2) is 9.44. The van der Waals surface area contributed by atoms with Crippen LogP contribution in [0.4, 0.5) is 5.69 Å². The molecule has 1 saturated heterocycles. The highest BCUT2D eigenvalue weighted by Gasteiger charge is 2.32. The molecule has 0 saturated carbocycles. The first kappa shape index (κ1) is 20.1. The van der Waals surface area contributed by atoms with Gasteiger partial charge in [-0.25, -0.2) is 0 Å². The second-order valence-corrected chi connectivity index (χ2v) is 6.84. The van der Waals surface area contributed by atoms with E-state index in [2.05, 4.69) is 15.6 Å². The van der Waals surface area contributed by atoms with Crippen LogP contribution in [0.25, 0.3) is 0 Å². The SMILES string of the molecule is COC[C@H](C)N=C1NC(=O)[C@@H](CC(=O)Nc2ccc(OC)cc2OC)S1. The van der Waals surface area contributed by atoms with E-state index in [0.29, 0.717) is 29.0 Å². The van der Waals surface area contributed by atoms with Crippen LogP contribution in [0.1, 0.15) is 13.3 Å². The number of aliphatic imine (C=N–C) groups is 1. The predicted molar refractivity (Wildman–Crippen MR) is 101 cm³/mol. The number of hydrogen-bond acceptors (Lipinski definition) is 7. The summed E-state index contributed by atoms with van der Waals surface area (Å²) in [6, 6.07) is 5.02. The standard InChI is InChI=1S/C17H23N3O5S/c1-10(9-23-2)18-17-20-16(22)14(26-17)8-15(21)19-12-6-5-11(24-3)7-13(12)25-4/h5-7,10,14H,8-9H2,1-4H3,(H,19,21)(H,18,20,22)/t10-,14+/m0/s1.